The van der Waals surface area contributed by atoms with Crippen molar-refractivity contribution in [3.63, 3.8) is 0 Å². The second-order valence-corrected chi connectivity index (χ2v) is 7.49. The Hall–Kier alpha value is -1.94. The fourth-order valence-corrected chi connectivity index (χ4v) is 3.81. The van der Waals surface area contributed by atoms with Gasteiger partial charge < -0.3 is 16.0 Å². The first-order chi connectivity index (χ1) is 13.9. The Labute approximate surface area is 169 Å². The molecule has 3 rings (SSSR count). The summed E-state index contributed by atoms with van der Waals surface area (Å²) in [6, 6.07) is 19.8. The van der Waals surface area contributed by atoms with Crippen molar-refractivity contribution in [2.75, 3.05) is 32.7 Å². The van der Waals surface area contributed by atoms with Crippen LogP contribution in [0.4, 0.5) is 0 Å². The van der Waals surface area contributed by atoms with E-state index in [2.05, 4.69) is 77.5 Å². The van der Waals surface area contributed by atoms with Crippen LogP contribution in [-0.4, -0.2) is 32.7 Å². The molecule has 3 heteroatoms. The van der Waals surface area contributed by atoms with E-state index in [4.69, 9.17) is 0 Å². The first kappa shape index (κ1) is 20.8. The zero-order valence-electron chi connectivity index (χ0n) is 17.3. The van der Waals surface area contributed by atoms with Crippen LogP contribution < -0.4 is 16.0 Å². The molecule has 0 amide bonds. The molecule has 3 nitrogen and oxygen atoms in total. The monoisotopic (exact) mass is 377 g/mol. The van der Waals surface area contributed by atoms with E-state index in [9.17, 15) is 0 Å². The molecule has 0 heterocycles. The molecule has 0 aliphatic heterocycles. The van der Waals surface area contributed by atoms with E-state index >= 15 is 0 Å². The van der Waals surface area contributed by atoms with E-state index in [0.29, 0.717) is 0 Å². The van der Waals surface area contributed by atoms with Crippen molar-refractivity contribution in [2.24, 2.45) is 0 Å². The van der Waals surface area contributed by atoms with Crippen molar-refractivity contribution >= 4 is 21.5 Å². The van der Waals surface area contributed by atoms with Gasteiger partial charge in [0.2, 0.25) is 0 Å². The van der Waals surface area contributed by atoms with Gasteiger partial charge in [0.1, 0.15) is 0 Å². The van der Waals surface area contributed by atoms with Crippen LogP contribution in [0.25, 0.3) is 21.5 Å². The van der Waals surface area contributed by atoms with Crippen LogP contribution in [-0.2, 0) is 6.54 Å². The Morgan fingerprint density at radius 3 is 1.68 bits per heavy atom. The SMILES string of the molecule is CCNCCCCNCCCCNCc1c2ccccc2cc2ccccc12. The van der Waals surface area contributed by atoms with Crippen LogP contribution in [0, 0.1) is 0 Å². The van der Waals surface area contributed by atoms with Crippen molar-refractivity contribution in [3.8, 4) is 0 Å². The predicted molar refractivity (Wildman–Crippen MR) is 123 cm³/mol. The van der Waals surface area contributed by atoms with E-state index in [-0.39, 0.29) is 0 Å². The number of benzene rings is 3. The zero-order chi connectivity index (χ0) is 19.4. The molecule has 0 atom stereocenters. The molecule has 0 aliphatic rings. The van der Waals surface area contributed by atoms with Crippen molar-refractivity contribution in [1.29, 1.82) is 0 Å². The third-order valence-electron chi connectivity index (χ3n) is 5.35. The molecule has 0 unspecified atom stereocenters. The van der Waals surface area contributed by atoms with Crippen LogP contribution in [0.2, 0.25) is 0 Å². The Kier molecular flexibility index (Phi) is 8.76. The predicted octanol–water partition coefficient (Wildman–Crippen LogP) is 4.84. The molecule has 3 aromatic rings. The first-order valence-corrected chi connectivity index (χ1v) is 10.9. The number of hydrogen-bond donors (Lipinski definition) is 3. The van der Waals surface area contributed by atoms with Crippen molar-refractivity contribution in [1.82, 2.24) is 16.0 Å². The molecule has 0 bridgehead atoms. The number of unbranched alkanes of at least 4 members (excludes halogenated alkanes) is 2. The van der Waals surface area contributed by atoms with Gasteiger partial charge >= 0.3 is 0 Å². The summed E-state index contributed by atoms with van der Waals surface area (Å²) < 4.78 is 0. The molecule has 28 heavy (non-hydrogen) atoms. The average Bonchev–Trinajstić information content (AvgIpc) is 2.73. The van der Waals surface area contributed by atoms with Gasteiger partial charge in [-0.05, 0) is 91.6 Å². The van der Waals surface area contributed by atoms with Gasteiger partial charge in [-0.3, -0.25) is 0 Å². The summed E-state index contributed by atoms with van der Waals surface area (Å²) in [6.07, 6.45) is 4.98. The number of fused-ring (bicyclic) bond motifs is 2. The lowest BCUT2D eigenvalue weighted by atomic mass is 9.97. The van der Waals surface area contributed by atoms with Crippen molar-refractivity contribution < 1.29 is 0 Å². The molecule has 0 spiro atoms. The molecular formula is C25H35N3. The molecule has 0 radical (unpaired) electrons. The molecule has 0 aromatic heterocycles. The second kappa shape index (κ2) is 11.8. The minimum atomic E-state index is 0.930. The summed E-state index contributed by atoms with van der Waals surface area (Å²) >= 11 is 0. The molecule has 0 fully saturated rings. The summed E-state index contributed by atoms with van der Waals surface area (Å²) in [5.41, 5.74) is 1.42. The highest BCUT2D eigenvalue weighted by Gasteiger charge is 2.06. The summed E-state index contributed by atoms with van der Waals surface area (Å²) in [7, 11) is 0. The number of hydrogen-bond acceptors (Lipinski definition) is 3. The molecule has 150 valence electrons. The zero-order valence-corrected chi connectivity index (χ0v) is 17.3. The minimum Gasteiger partial charge on any atom is -0.317 e. The first-order valence-electron chi connectivity index (χ1n) is 10.9. The Bertz CT molecular complexity index is 789. The van der Waals surface area contributed by atoms with Crippen LogP contribution in [0.5, 0.6) is 0 Å². The van der Waals surface area contributed by atoms with Gasteiger partial charge in [-0.2, -0.15) is 0 Å². The van der Waals surface area contributed by atoms with Crippen LogP contribution in [0.15, 0.2) is 54.6 Å². The maximum atomic E-state index is 3.68. The second-order valence-electron chi connectivity index (χ2n) is 7.49. The van der Waals surface area contributed by atoms with Crippen molar-refractivity contribution in [3.05, 3.63) is 60.2 Å². The lowest BCUT2D eigenvalue weighted by Crippen LogP contribution is -2.21. The van der Waals surface area contributed by atoms with E-state index in [1.807, 2.05) is 0 Å². The lowest BCUT2D eigenvalue weighted by molar-refractivity contribution is 0.557. The maximum Gasteiger partial charge on any atom is 0.0217 e. The molecule has 3 N–H and O–H groups in total. The van der Waals surface area contributed by atoms with E-state index in [0.717, 1.165) is 39.3 Å². The van der Waals surface area contributed by atoms with Gasteiger partial charge in [0.25, 0.3) is 0 Å². The number of nitrogens with one attached hydrogen (secondary N) is 3. The molecule has 0 aliphatic carbocycles. The lowest BCUT2D eigenvalue weighted by Gasteiger charge is -2.13. The largest absolute Gasteiger partial charge is 0.317 e. The van der Waals surface area contributed by atoms with E-state index in [1.54, 1.807) is 0 Å². The van der Waals surface area contributed by atoms with Gasteiger partial charge in [-0.25, -0.2) is 0 Å². The van der Waals surface area contributed by atoms with Gasteiger partial charge in [0, 0.05) is 6.54 Å². The van der Waals surface area contributed by atoms with Gasteiger partial charge in [-0.1, -0.05) is 55.5 Å². The smallest absolute Gasteiger partial charge is 0.0217 e. The van der Waals surface area contributed by atoms with Crippen molar-refractivity contribution in [2.45, 2.75) is 39.2 Å². The van der Waals surface area contributed by atoms with Crippen LogP contribution in [0.1, 0.15) is 38.2 Å². The maximum absolute atomic E-state index is 3.68. The highest BCUT2D eigenvalue weighted by molar-refractivity contribution is 6.02. The molecule has 0 saturated heterocycles. The van der Waals surface area contributed by atoms with E-state index < -0.39 is 0 Å². The quantitative estimate of drug-likeness (QED) is 0.295. The standard InChI is InChI=1S/C25H35N3/c1-2-26-15-7-8-16-27-17-9-10-18-28-20-25-23-13-5-3-11-21(23)19-22-12-4-6-14-24(22)25/h3-6,11-14,19,26-28H,2,7-10,15-18,20H2,1H3. The van der Waals surface area contributed by atoms with Crippen LogP contribution in [0.3, 0.4) is 0 Å². The van der Waals surface area contributed by atoms with E-state index in [1.165, 1.54) is 52.8 Å². The highest BCUT2D eigenvalue weighted by Crippen LogP contribution is 2.28. The molecule has 0 saturated carbocycles. The summed E-state index contributed by atoms with van der Waals surface area (Å²) in [5, 5.41) is 16.0. The average molecular weight is 378 g/mol. The minimum absolute atomic E-state index is 0.930. The summed E-state index contributed by atoms with van der Waals surface area (Å²) in [4.78, 5) is 0. The number of rotatable bonds is 13. The highest BCUT2D eigenvalue weighted by atomic mass is 14.9. The third kappa shape index (κ3) is 6.03. The van der Waals surface area contributed by atoms with Crippen LogP contribution >= 0.6 is 0 Å². The topological polar surface area (TPSA) is 36.1 Å². The summed E-state index contributed by atoms with van der Waals surface area (Å²) in [6.45, 7) is 8.65. The fourth-order valence-electron chi connectivity index (χ4n) is 3.81. The fraction of sp³-hybridized carbons (Fsp3) is 0.440. The van der Waals surface area contributed by atoms with Gasteiger partial charge in [-0.15, -0.1) is 0 Å². The normalized spacial score (nSPS) is 11.5. The molecule has 3 aromatic carbocycles. The Morgan fingerprint density at radius 2 is 1.11 bits per heavy atom. The van der Waals surface area contributed by atoms with Gasteiger partial charge in [0.15, 0.2) is 0 Å². The third-order valence-corrected chi connectivity index (χ3v) is 5.35. The molecular weight excluding hydrogens is 342 g/mol. The van der Waals surface area contributed by atoms with Gasteiger partial charge in [0.05, 0.1) is 0 Å². The Balaban J connectivity index is 1.41. The Morgan fingerprint density at radius 1 is 0.607 bits per heavy atom. The summed E-state index contributed by atoms with van der Waals surface area (Å²) in [5.74, 6) is 0.